The van der Waals surface area contributed by atoms with E-state index < -0.39 is 0 Å². The first kappa shape index (κ1) is 17.0. The van der Waals surface area contributed by atoms with Crippen LogP contribution < -0.4 is 0 Å². The molecule has 5 nitrogen and oxygen atoms in total. The monoisotopic (exact) mass is 481 g/mol. The predicted molar refractivity (Wildman–Crippen MR) is 82.7 cm³/mol. The Hall–Kier alpha value is -2.35. The van der Waals surface area contributed by atoms with Crippen molar-refractivity contribution in [1.82, 2.24) is 20.2 Å². The molecule has 0 aliphatic heterocycles. The topological polar surface area (TPSA) is 67.4 Å². The van der Waals surface area contributed by atoms with Crippen molar-refractivity contribution in [3.05, 3.63) is 53.1 Å². The van der Waals surface area contributed by atoms with Gasteiger partial charge in [0.1, 0.15) is 0 Å². The van der Waals surface area contributed by atoms with Crippen LogP contribution in [0.3, 0.4) is 0 Å². The number of rotatable bonds is 2. The molecular weight excluding hydrogens is 466 g/mol. The summed E-state index contributed by atoms with van der Waals surface area (Å²) in [5.74, 6) is 0.627. The Morgan fingerprint density at radius 3 is 2.48 bits per heavy atom. The summed E-state index contributed by atoms with van der Waals surface area (Å²) >= 11 is 0. The second kappa shape index (κ2) is 6.82. The van der Waals surface area contributed by atoms with Crippen molar-refractivity contribution < 1.29 is 20.1 Å². The van der Waals surface area contributed by atoms with Gasteiger partial charge in [-0.2, -0.15) is 5.10 Å². The van der Waals surface area contributed by atoms with Crippen molar-refractivity contribution in [2.45, 2.75) is 13.8 Å². The van der Waals surface area contributed by atoms with Crippen LogP contribution in [-0.4, -0.2) is 20.2 Å². The first-order valence-electron chi connectivity index (χ1n) is 6.87. The maximum Gasteiger partial charge on any atom is 0.0986 e. The zero-order valence-electron chi connectivity index (χ0n) is 13.0. The fourth-order valence-electron chi connectivity index (χ4n) is 2.62. The summed E-state index contributed by atoms with van der Waals surface area (Å²) < 4.78 is 1.61. The molecule has 3 rings (SSSR count). The molecule has 0 N–H and O–H groups in total. The first-order chi connectivity index (χ1) is 10.6. The van der Waals surface area contributed by atoms with E-state index in [1.54, 1.807) is 17.8 Å². The smallest absolute Gasteiger partial charge is 0.0986 e. The molecule has 6 heteroatoms. The number of hydrogen-bond donors (Lipinski definition) is 0. The third-order valence-electron chi connectivity index (χ3n) is 3.66. The number of nitrogens with zero attached hydrogens (tertiary/aromatic N) is 5. The molecule has 3 aromatic rings. The summed E-state index contributed by atoms with van der Waals surface area (Å²) in [6, 6.07) is 15.0. The van der Waals surface area contributed by atoms with Crippen LogP contribution in [-0.2, 0) is 27.2 Å². The normalized spacial score (nSPS) is 10.0. The van der Waals surface area contributed by atoms with E-state index in [0.717, 1.165) is 27.8 Å². The molecular formula is C17H14IrN5-. The standard InChI is InChI=1S/C17H14N5.Ir/c1-11-5-4-6-12(2)16(11)15-9-13(10-18)7-8-14(15)17-19-20-21-22(17)3;/h4-7,9H,1-3H3;/q-1;. The van der Waals surface area contributed by atoms with Gasteiger partial charge in [-0.15, -0.1) is 18.2 Å². The van der Waals surface area contributed by atoms with E-state index in [1.807, 2.05) is 12.1 Å². The zero-order chi connectivity index (χ0) is 15.7. The van der Waals surface area contributed by atoms with Gasteiger partial charge in [-0.3, -0.25) is 4.68 Å². The zero-order valence-corrected chi connectivity index (χ0v) is 15.4. The van der Waals surface area contributed by atoms with Gasteiger partial charge in [-0.1, -0.05) is 51.2 Å². The second-order valence-corrected chi connectivity index (χ2v) is 5.18. The van der Waals surface area contributed by atoms with Crippen LogP contribution in [0.25, 0.3) is 22.5 Å². The minimum atomic E-state index is 0. The minimum Gasteiger partial charge on any atom is -0.268 e. The van der Waals surface area contributed by atoms with E-state index >= 15 is 0 Å². The van der Waals surface area contributed by atoms with Crippen molar-refractivity contribution in [3.8, 4) is 28.6 Å². The van der Waals surface area contributed by atoms with Gasteiger partial charge in [-0.25, -0.2) is 5.26 Å². The largest absolute Gasteiger partial charge is 0.268 e. The molecule has 23 heavy (non-hydrogen) atoms. The Labute approximate surface area is 148 Å². The predicted octanol–water partition coefficient (Wildman–Crippen LogP) is 2.83. The summed E-state index contributed by atoms with van der Waals surface area (Å²) in [6.45, 7) is 4.11. The van der Waals surface area contributed by atoms with Crippen LogP contribution in [0.4, 0.5) is 0 Å². The van der Waals surface area contributed by atoms with Gasteiger partial charge in [0.15, 0.2) is 0 Å². The molecule has 1 aromatic heterocycles. The van der Waals surface area contributed by atoms with Gasteiger partial charge in [0.05, 0.1) is 5.82 Å². The fraction of sp³-hybridized carbons (Fsp3) is 0.176. The number of aromatic nitrogens is 4. The molecule has 0 unspecified atom stereocenters. The minimum absolute atomic E-state index is 0. The average molecular weight is 481 g/mol. The Morgan fingerprint density at radius 2 is 1.91 bits per heavy atom. The van der Waals surface area contributed by atoms with Crippen LogP contribution in [0.5, 0.6) is 0 Å². The van der Waals surface area contributed by atoms with Crippen molar-refractivity contribution in [3.63, 3.8) is 0 Å². The van der Waals surface area contributed by atoms with Crippen molar-refractivity contribution in [2.24, 2.45) is 7.05 Å². The van der Waals surface area contributed by atoms with Crippen LogP contribution in [0, 0.1) is 31.2 Å². The third kappa shape index (κ3) is 3.07. The van der Waals surface area contributed by atoms with Crippen molar-refractivity contribution >= 4 is 0 Å². The SMILES string of the molecule is Cc1cccc(C)c1-c1cc(C#N)c[c-]c1-c1nnnn1C.[Ir]. The molecule has 117 valence electrons. The molecule has 0 aliphatic rings. The van der Waals surface area contributed by atoms with Crippen molar-refractivity contribution in [2.75, 3.05) is 0 Å². The van der Waals surface area contributed by atoms with E-state index in [-0.39, 0.29) is 20.1 Å². The number of nitriles is 1. The maximum atomic E-state index is 9.21. The molecule has 0 saturated carbocycles. The number of hydrogen-bond acceptors (Lipinski definition) is 4. The Balaban J connectivity index is 0.00000192. The second-order valence-electron chi connectivity index (χ2n) is 5.18. The molecule has 0 amide bonds. The average Bonchev–Trinajstić information content (AvgIpc) is 2.93. The van der Waals surface area contributed by atoms with E-state index in [9.17, 15) is 5.26 Å². The Bertz CT molecular complexity index is 872. The Kier molecular flexibility index (Phi) is 5.05. The van der Waals surface area contributed by atoms with Gasteiger partial charge >= 0.3 is 0 Å². The molecule has 0 saturated heterocycles. The molecule has 0 spiro atoms. The summed E-state index contributed by atoms with van der Waals surface area (Å²) in [5.41, 5.74) is 5.65. The van der Waals surface area contributed by atoms with Gasteiger partial charge in [0.25, 0.3) is 0 Å². The molecule has 0 atom stereocenters. The van der Waals surface area contributed by atoms with Crippen LogP contribution >= 0.6 is 0 Å². The third-order valence-corrected chi connectivity index (χ3v) is 3.66. The maximum absolute atomic E-state index is 9.21. The number of aryl methyl sites for hydroxylation is 3. The van der Waals surface area contributed by atoms with Gasteiger partial charge < -0.3 is 0 Å². The van der Waals surface area contributed by atoms with Gasteiger partial charge in [-0.05, 0) is 24.6 Å². The number of benzene rings is 2. The molecule has 0 fully saturated rings. The molecule has 0 aliphatic carbocycles. The summed E-state index contributed by atoms with van der Waals surface area (Å²) in [7, 11) is 1.79. The van der Waals surface area contributed by atoms with Gasteiger partial charge in [0.2, 0.25) is 0 Å². The van der Waals surface area contributed by atoms with Crippen LogP contribution in [0.2, 0.25) is 0 Å². The summed E-state index contributed by atoms with van der Waals surface area (Å²) in [5, 5.41) is 20.9. The molecule has 0 bridgehead atoms. The van der Waals surface area contributed by atoms with Crippen molar-refractivity contribution in [1.29, 1.82) is 5.26 Å². The summed E-state index contributed by atoms with van der Waals surface area (Å²) in [4.78, 5) is 0. The van der Waals surface area contributed by atoms with E-state index in [0.29, 0.717) is 11.4 Å². The van der Waals surface area contributed by atoms with Crippen LogP contribution in [0.15, 0.2) is 30.3 Å². The molecule has 1 heterocycles. The van der Waals surface area contributed by atoms with E-state index in [2.05, 4.69) is 53.6 Å². The molecule has 2 aromatic carbocycles. The van der Waals surface area contributed by atoms with Crippen LogP contribution in [0.1, 0.15) is 16.7 Å². The van der Waals surface area contributed by atoms with E-state index in [4.69, 9.17) is 0 Å². The fourth-order valence-corrected chi connectivity index (χ4v) is 2.62. The Morgan fingerprint density at radius 1 is 1.22 bits per heavy atom. The quantitative estimate of drug-likeness (QED) is 0.529. The molecule has 1 radical (unpaired) electrons. The first-order valence-corrected chi connectivity index (χ1v) is 6.87. The number of tetrazole rings is 1. The van der Waals surface area contributed by atoms with E-state index in [1.165, 1.54) is 0 Å². The summed E-state index contributed by atoms with van der Waals surface area (Å²) in [6.07, 6.45) is 0. The van der Waals surface area contributed by atoms with Gasteiger partial charge in [0, 0.05) is 33.2 Å².